The van der Waals surface area contributed by atoms with Crippen LogP contribution in [0.1, 0.15) is 28.8 Å². The van der Waals surface area contributed by atoms with Crippen molar-refractivity contribution >= 4 is 21.6 Å². The van der Waals surface area contributed by atoms with Gasteiger partial charge in [0.25, 0.3) is 5.91 Å². The molecule has 0 heterocycles. The maximum atomic E-state index is 13.9. The van der Waals surface area contributed by atoms with Crippen molar-refractivity contribution in [2.75, 3.05) is 5.32 Å². The molecule has 24 heavy (non-hydrogen) atoms. The van der Waals surface area contributed by atoms with Crippen molar-refractivity contribution in [2.24, 2.45) is 0 Å². The quantitative estimate of drug-likeness (QED) is 0.872. The van der Waals surface area contributed by atoms with Gasteiger partial charge in [-0.15, -0.1) is 0 Å². The maximum Gasteiger partial charge on any atom is 0.255 e. The summed E-state index contributed by atoms with van der Waals surface area (Å²) in [5.74, 6) is -1.38. The average molecular weight is 348 g/mol. The van der Waals surface area contributed by atoms with E-state index in [2.05, 4.69) is 10.0 Å². The number of hydrogen-bond acceptors (Lipinski definition) is 3. The molecule has 0 saturated heterocycles. The van der Waals surface area contributed by atoms with Crippen LogP contribution in [0.3, 0.4) is 0 Å². The second-order valence-electron chi connectivity index (χ2n) is 5.86. The predicted molar refractivity (Wildman–Crippen MR) is 88.9 cm³/mol. The highest BCUT2D eigenvalue weighted by atomic mass is 32.2. The number of amides is 1. The largest absolute Gasteiger partial charge is 0.322 e. The zero-order valence-corrected chi connectivity index (χ0v) is 13.9. The summed E-state index contributed by atoms with van der Waals surface area (Å²) in [6.45, 7) is 1.89. The van der Waals surface area contributed by atoms with E-state index in [4.69, 9.17) is 0 Å². The number of aryl methyl sites for hydroxylation is 1. The first kappa shape index (κ1) is 16.6. The third-order valence-corrected chi connectivity index (χ3v) is 5.19. The van der Waals surface area contributed by atoms with Gasteiger partial charge in [-0.2, -0.15) is 0 Å². The highest BCUT2D eigenvalue weighted by Crippen LogP contribution is 2.24. The standard InChI is InChI=1S/C17H17FN2O3S/c1-11-3-2-4-14(9-11)19-17(21)12-5-8-15(18)16(10-12)24(22,23)20-13-6-7-13/h2-5,8-10,13,20H,6-7H2,1H3,(H,19,21). The number of carbonyl (C=O) groups is 1. The minimum atomic E-state index is -3.97. The van der Waals surface area contributed by atoms with Crippen molar-refractivity contribution in [3.05, 3.63) is 59.4 Å². The van der Waals surface area contributed by atoms with Gasteiger partial charge in [0.2, 0.25) is 10.0 Å². The highest BCUT2D eigenvalue weighted by molar-refractivity contribution is 7.89. The van der Waals surface area contributed by atoms with Gasteiger partial charge >= 0.3 is 0 Å². The summed E-state index contributed by atoms with van der Waals surface area (Å²) in [5, 5.41) is 2.67. The number of carbonyl (C=O) groups excluding carboxylic acids is 1. The molecule has 126 valence electrons. The summed E-state index contributed by atoms with van der Waals surface area (Å²) < 4.78 is 40.7. The molecule has 1 amide bonds. The van der Waals surface area contributed by atoms with Gasteiger partial charge in [0, 0.05) is 17.3 Å². The molecule has 0 aliphatic heterocycles. The average Bonchev–Trinajstić information content (AvgIpc) is 3.30. The monoisotopic (exact) mass is 348 g/mol. The number of benzene rings is 2. The predicted octanol–water partition coefficient (Wildman–Crippen LogP) is 2.83. The van der Waals surface area contributed by atoms with E-state index in [-0.39, 0.29) is 11.6 Å². The second-order valence-corrected chi connectivity index (χ2v) is 7.55. The van der Waals surface area contributed by atoms with E-state index in [1.807, 2.05) is 13.0 Å². The highest BCUT2D eigenvalue weighted by Gasteiger charge is 2.30. The molecule has 1 saturated carbocycles. The first-order chi connectivity index (χ1) is 11.3. The van der Waals surface area contributed by atoms with E-state index in [1.54, 1.807) is 18.2 Å². The number of rotatable bonds is 5. The van der Waals surface area contributed by atoms with Gasteiger partial charge in [-0.05, 0) is 55.7 Å². The minimum Gasteiger partial charge on any atom is -0.322 e. The first-order valence-corrected chi connectivity index (χ1v) is 9.03. The van der Waals surface area contributed by atoms with Crippen molar-refractivity contribution in [3.63, 3.8) is 0 Å². The smallest absolute Gasteiger partial charge is 0.255 e. The molecule has 1 aliphatic rings. The molecule has 0 bridgehead atoms. The summed E-state index contributed by atoms with van der Waals surface area (Å²) in [6.07, 6.45) is 1.49. The Balaban J connectivity index is 1.86. The van der Waals surface area contributed by atoms with Crippen LogP contribution in [0, 0.1) is 12.7 Å². The van der Waals surface area contributed by atoms with Crippen LogP contribution in [0.5, 0.6) is 0 Å². The van der Waals surface area contributed by atoms with Crippen molar-refractivity contribution in [1.29, 1.82) is 0 Å². The normalized spacial score (nSPS) is 14.4. The summed E-state index contributed by atoms with van der Waals surface area (Å²) >= 11 is 0. The molecule has 7 heteroatoms. The van der Waals surface area contributed by atoms with Crippen LogP contribution >= 0.6 is 0 Å². The summed E-state index contributed by atoms with van der Waals surface area (Å²) in [6, 6.07) is 10.4. The number of hydrogen-bond donors (Lipinski definition) is 2. The zero-order chi connectivity index (χ0) is 17.3. The Bertz CT molecular complexity index is 892. The van der Waals surface area contributed by atoms with Crippen LogP contribution in [0.4, 0.5) is 10.1 Å². The molecule has 2 aromatic carbocycles. The molecule has 0 atom stereocenters. The van der Waals surface area contributed by atoms with Crippen molar-refractivity contribution in [2.45, 2.75) is 30.7 Å². The van der Waals surface area contributed by atoms with Gasteiger partial charge < -0.3 is 5.32 Å². The SMILES string of the molecule is Cc1cccc(NC(=O)c2ccc(F)c(S(=O)(=O)NC3CC3)c2)c1. The zero-order valence-electron chi connectivity index (χ0n) is 13.0. The van der Waals surface area contributed by atoms with Gasteiger partial charge in [-0.3, -0.25) is 4.79 Å². The van der Waals surface area contributed by atoms with E-state index >= 15 is 0 Å². The Morgan fingerprint density at radius 2 is 1.92 bits per heavy atom. The fraction of sp³-hybridized carbons (Fsp3) is 0.235. The van der Waals surface area contributed by atoms with Gasteiger partial charge in [0.1, 0.15) is 10.7 Å². The minimum absolute atomic E-state index is 0.0779. The molecule has 3 rings (SSSR count). The van der Waals surface area contributed by atoms with E-state index in [0.29, 0.717) is 5.69 Å². The van der Waals surface area contributed by atoms with Gasteiger partial charge in [0.05, 0.1) is 0 Å². The van der Waals surface area contributed by atoms with Crippen LogP contribution in [-0.2, 0) is 10.0 Å². The molecule has 1 fully saturated rings. The lowest BCUT2D eigenvalue weighted by atomic mass is 10.2. The van der Waals surface area contributed by atoms with E-state index < -0.39 is 26.6 Å². The summed E-state index contributed by atoms with van der Waals surface area (Å²) in [4.78, 5) is 11.8. The molecule has 2 N–H and O–H groups in total. The van der Waals surface area contributed by atoms with Crippen molar-refractivity contribution in [1.82, 2.24) is 4.72 Å². The Hall–Kier alpha value is -2.25. The second kappa shape index (κ2) is 6.33. The van der Waals surface area contributed by atoms with Crippen LogP contribution in [0.15, 0.2) is 47.4 Å². The van der Waals surface area contributed by atoms with Gasteiger partial charge in [0.15, 0.2) is 0 Å². The summed E-state index contributed by atoms with van der Waals surface area (Å²) in [5.41, 5.74) is 1.64. The van der Waals surface area contributed by atoms with Crippen LogP contribution in [0.2, 0.25) is 0 Å². The molecular formula is C17H17FN2O3S. The Morgan fingerprint density at radius 1 is 1.17 bits per heavy atom. The first-order valence-electron chi connectivity index (χ1n) is 7.55. The topological polar surface area (TPSA) is 75.3 Å². The van der Waals surface area contributed by atoms with Crippen LogP contribution in [0.25, 0.3) is 0 Å². The number of sulfonamides is 1. The van der Waals surface area contributed by atoms with E-state index in [1.165, 1.54) is 6.07 Å². The Kier molecular flexibility index (Phi) is 4.38. The Morgan fingerprint density at radius 3 is 2.58 bits per heavy atom. The Labute approximate surface area is 139 Å². The summed E-state index contributed by atoms with van der Waals surface area (Å²) in [7, 11) is -3.97. The molecule has 0 radical (unpaired) electrons. The third kappa shape index (κ3) is 3.80. The molecule has 0 aromatic heterocycles. The molecule has 0 unspecified atom stereocenters. The number of nitrogens with one attached hydrogen (secondary N) is 2. The van der Waals surface area contributed by atoms with Gasteiger partial charge in [-0.25, -0.2) is 17.5 Å². The lowest BCUT2D eigenvalue weighted by Gasteiger charge is -2.10. The fourth-order valence-electron chi connectivity index (χ4n) is 2.26. The van der Waals surface area contributed by atoms with E-state index in [0.717, 1.165) is 30.5 Å². The van der Waals surface area contributed by atoms with Crippen LogP contribution < -0.4 is 10.0 Å². The molecule has 0 spiro atoms. The van der Waals surface area contributed by atoms with Gasteiger partial charge in [-0.1, -0.05) is 12.1 Å². The molecule has 2 aromatic rings. The molecule has 5 nitrogen and oxygen atoms in total. The molecule has 1 aliphatic carbocycles. The number of halogens is 1. The third-order valence-electron chi connectivity index (χ3n) is 3.66. The van der Waals surface area contributed by atoms with Crippen molar-refractivity contribution < 1.29 is 17.6 Å². The maximum absolute atomic E-state index is 13.9. The van der Waals surface area contributed by atoms with Crippen molar-refractivity contribution in [3.8, 4) is 0 Å². The lowest BCUT2D eigenvalue weighted by Crippen LogP contribution is -2.27. The number of anilines is 1. The fourth-order valence-corrected chi connectivity index (χ4v) is 3.67. The van der Waals surface area contributed by atoms with E-state index in [9.17, 15) is 17.6 Å². The molecular weight excluding hydrogens is 331 g/mol. The van der Waals surface area contributed by atoms with Crippen LogP contribution in [-0.4, -0.2) is 20.4 Å². The lowest BCUT2D eigenvalue weighted by molar-refractivity contribution is 0.102.